The first-order chi connectivity index (χ1) is 9.74. The van der Waals surface area contributed by atoms with Gasteiger partial charge in [-0.2, -0.15) is 5.10 Å². The lowest BCUT2D eigenvalue weighted by Gasteiger charge is -2.03. The van der Waals surface area contributed by atoms with Gasteiger partial charge in [-0.05, 0) is 13.3 Å². The van der Waals surface area contributed by atoms with E-state index in [4.69, 9.17) is 5.73 Å². The number of hydrogen-bond acceptors (Lipinski definition) is 2. The van der Waals surface area contributed by atoms with Gasteiger partial charge >= 0.3 is 0 Å². The molecule has 0 saturated heterocycles. The molecule has 0 aromatic carbocycles. The molecule has 1 heterocycles. The maximum atomic E-state index is 5.83. The maximum absolute atomic E-state index is 5.83. The smallest absolute Gasteiger partial charge is 0.0537 e. The van der Waals surface area contributed by atoms with Crippen LogP contribution in [0.5, 0.6) is 0 Å². The molecule has 0 amide bonds. The first-order valence-corrected chi connectivity index (χ1v) is 8.52. The van der Waals surface area contributed by atoms with Crippen molar-refractivity contribution in [3.8, 4) is 0 Å². The monoisotopic (exact) mass is 279 g/mol. The number of hydrogen-bond donors (Lipinski definition) is 1. The van der Waals surface area contributed by atoms with E-state index in [2.05, 4.69) is 18.2 Å². The standard InChI is InChI=1S/C17H33N3/c1-3-4-5-6-7-8-9-10-11-12-13-20-15-17(14-19-20)16(2)18/h14-16H,3-13,18H2,1-2H3. The van der Waals surface area contributed by atoms with Crippen LogP contribution < -0.4 is 5.73 Å². The number of aromatic nitrogens is 2. The Morgan fingerprint density at radius 1 is 1.00 bits per heavy atom. The third-order valence-electron chi connectivity index (χ3n) is 3.92. The quantitative estimate of drug-likeness (QED) is 0.557. The van der Waals surface area contributed by atoms with E-state index in [1.165, 1.54) is 64.2 Å². The lowest BCUT2D eigenvalue weighted by Crippen LogP contribution is -2.03. The van der Waals surface area contributed by atoms with Crippen molar-refractivity contribution >= 4 is 0 Å². The normalized spacial score (nSPS) is 12.8. The Bertz CT molecular complexity index is 331. The summed E-state index contributed by atoms with van der Waals surface area (Å²) in [5.41, 5.74) is 6.96. The van der Waals surface area contributed by atoms with Crippen LogP contribution in [-0.4, -0.2) is 9.78 Å². The molecule has 1 aromatic rings. The van der Waals surface area contributed by atoms with Gasteiger partial charge < -0.3 is 5.73 Å². The minimum absolute atomic E-state index is 0.0939. The molecule has 1 rings (SSSR count). The average molecular weight is 279 g/mol. The highest BCUT2D eigenvalue weighted by molar-refractivity contribution is 5.07. The predicted octanol–water partition coefficient (Wildman–Crippen LogP) is 4.82. The van der Waals surface area contributed by atoms with Gasteiger partial charge in [0.1, 0.15) is 0 Å². The first kappa shape index (κ1) is 17.2. The molecule has 3 heteroatoms. The fourth-order valence-electron chi connectivity index (χ4n) is 2.50. The Balaban J connectivity index is 1.91. The van der Waals surface area contributed by atoms with Crippen LogP contribution in [0.15, 0.2) is 12.4 Å². The molecule has 0 aliphatic rings. The Hall–Kier alpha value is -0.830. The van der Waals surface area contributed by atoms with Crippen molar-refractivity contribution in [2.24, 2.45) is 5.73 Å². The molecule has 0 spiro atoms. The maximum Gasteiger partial charge on any atom is 0.0537 e. The molecule has 116 valence electrons. The number of rotatable bonds is 12. The van der Waals surface area contributed by atoms with Crippen LogP contribution in [0.1, 0.15) is 89.7 Å². The minimum Gasteiger partial charge on any atom is -0.324 e. The van der Waals surface area contributed by atoms with E-state index in [9.17, 15) is 0 Å². The molecule has 0 aliphatic heterocycles. The second kappa shape index (κ2) is 10.9. The van der Waals surface area contributed by atoms with E-state index in [1.807, 2.05) is 17.8 Å². The van der Waals surface area contributed by atoms with E-state index >= 15 is 0 Å². The van der Waals surface area contributed by atoms with Gasteiger partial charge in [0.05, 0.1) is 6.20 Å². The summed E-state index contributed by atoms with van der Waals surface area (Å²) in [4.78, 5) is 0. The van der Waals surface area contributed by atoms with Crippen molar-refractivity contribution < 1.29 is 0 Å². The van der Waals surface area contributed by atoms with Crippen LogP contribution in [0.25, 0.3) is 0 Å². The van der Waals surface area contributed by atoms with E-state index in [1.54, 1.807) is 0 Å². The van der Waals surface area contributed by atoms with Gasteiger partial charge in [-0.1, -0.05) is 64.7 Å². The van der Waals surface area contributed by atoms with Gasteiger partial charge in [0, 0.05) is 24.3 Å². The second-order valence-electron chi connectivity index (χ2n) is 6.01. The topological polar surface area (TPSA) is 43.8 Å². The van der Waals surface area contributed by atoms with Gasteiger partial charge in [-0.25, -0.2) is 0 Å². The molecule has 3 nitrogen and oxygen atoms in total. The third-order valence-corrected chi connectivity index (χ3v) is 3.92. The summed E-state index contributed by atoms with van der Waals surface area (Å²) in [5, 5.41) is 4.35. The van der Waals surface area contributed by atoms with Crippen LogP contribution in [-0.2, 0) is 6.54 Å². The molecule has 20 heavy (non-hydrogen) atoms. The molecule has 0 radical (unpaired) electrons. The fourth-order valence-corrected chi connectivity index (χ4v) is 2.50. The van der Waals surface area contributed by atoms with Crippen LogP contribution in [0, 0.1) is 0 Å². The largest absolute Gasteiger partial charge is 0.324 e. The lowest BCUT2D eigenvalue weighted by atomic mass is 10.1. The van der Waals surface area contributed by atoms with Crippen LogP contribution in [0.2, 0.25) is 0 Å². The molecular weight excluding hydrogens is 246 g/mol. The minimum atomic E-state index is 0.0939. The van der Waals surface area contributed by atoms with Gasteiger partial charge in [0.25, 0.3) is 0 Å². The highest BCUT2D eigenvalue weighted by Crippen LogP contribution is 2.12. The van der Waals surface area contributed by atoms with Crippen molar-refractivity contribution in [2.45, 2.75) is 90.6 Å². The molecule has 0 aliphatic carbocycles. The van der Waals surface area contributed by atoms with E-state index in [-0.39, 0.29) is 6.04 Å². The van der Waals surface area contributed by atoms with Crippen molar-refractivity contribution in [1.29, 1.82) is 0 Å². The summed E-state index contributed by atoms with van der Waals surface area (Å²) in [6.45, 7) is 5.31. The van der Waals surface area contributed by atoms with Gasteiger partial charge in [0.15, 0.2) is 0 Å². The molecular formula is C17H33N3. The highest BCUT2D eigenvalue weighted by Gasteiger charge is 2.02. The molecule has 2 N–H and O–H groups in total. The van der Waals surface area contributed by atoms with Crippen molar-refractivity contribution in [2.75, 3.05) is 0 Å². The van der Waals surface area contributed by atoms with Crippen LogP contribution >= 0.6 is 0 Å². The summed E-state index contributed by atoms with van der Waals surface area (Å²) in [5.74, 6) is 0. The Morgan fingerprint density at radius 2 is 1.55 bits per heavy atom. The van der Waals surface area contributed by atoms with Crippen LogP contribution in [0.4, 0.5) is 0 Å². The van der Waals surface area contributed by atoms with Crippen molar-refractivity contribution in [1.82, 2.24) is 9.78 Å². The third kappa shape index (κ3) is 7.68. The number of nitrogens with zero attached hydrogens (tertiary/aromatic N) is 2. The molecule has 1 aromatic heterocycles. The van der Waals surface area contributed by atoms with E-state index < -0.39 is 0 Å². The summed E-state index contributed by atoms with van der Waals surface area (Å²) < 4.78 is 2.03. The summed E-state index contributed by atoms with van der Waals surface area (Å²) >= 11 is 0. The second-order valence-corrected chi connectivity index (χ2v) is 6.01. The first-order valence-electron chi connectivity index (χ1n) is 8.52. The van der Waals surface area contributed by atoms with E-state index in [0.29, 0.717) is 0 Å². The molecule has 0 fully saturated rings. The number of aryl methyl sites for hydroxylation is 1. The SMILES string of the molecule is CCCCCCCCCCCCn1cc(C(C)N)cn1. The predicted molar refractivity (Wildman–Crippen MR) is 86.7 cm³/mol. The fraction of sp³-hybridized carbons (Fsp3) is 0.824. The zero-order chi connectivity index (χ0) is 14.6. The Kier molecular flexibility index (Phi) is 9.38. The Morgan fingerprint density at radius 3 is 2.05 bits per heavy atom. The molecule has 0 bridgehead atoms. The summed E-state index contributed by atoms with van der Waals surface area (Å²) in [6, 6.07) is 0.0939. The van der Waals surface area contributed by atoms with E-state index in [0.717, 1.165) is 12.1 Å². The van der Waals surface area contributed by atoms with Gasteiger partial charge in [-0.15, -0.1) is 0 Å². The average Bonchev–Trinajstić information content (AvgIpc) is 2.90. The zero-order valence-corrected chi connectivity index (χ0v) is 13.5. The number of nitrogens with two attached hydrogens (primary N) is 1. The highest BCUT2D eigenvalue weighted by atomic mass is 15.3. The molecule has 1 unspecified atom stereocenters. The van der Waals surface area contributed by atoms with Crippen molar-refractivity contribution in [3.05, 3.63) is 18.0 Å². The van der Waals surface area contributed by atoms with Crippen LogP contribution in [0.3, 0.4) is 0 Å². The molecule has 1 atom stereocenters. The van der Waals surface area contributed by atoms with Gasteiger partial charge in [-0.3, -0.25) is 4.68 Å². The lowest BCUT2D eigenvalue weighted by molar-refractivity contribution is 0.515. The molecule has 0 saturated carbocycles. The van der Waals surface area contributed by atoms with Crippen molar-refractivity contribution in [3.63, 3.8) is 0 Å². The number of unbranched alkanes of at least 4 members (excludes halogenated alkanes) is 9. The summed E-state index contributed by atoms with van der Waals surface area (Å²) in [6.07, 6.45) is 17.8. The zero-order valence-electron chi connectivity index (χ0n) is 13.5. The Labute approximate surface area is 124 Å². The summed E-state index contributed by atoms with van der Waals surface area (Å²) in [7, 11) is 0. The van der Waals surface area contributed by atoms with Gasteiger partial charge in [0.2, 0.25) is 0 Å².